The molecule has 0 aromatic heterocycles. The SMILES string of the molecule is O=C(O)C(CNC1CCCC1)C1CCS(=O)(=O)C1. The first-order valence-corrected chi connectivity index (χ1v) is 8.47. The van der Waals surface area contributed by atoms with Crippen LogP contribution in [-0.4, -0.2) is 43.6 Å². The maximum Gasteiger partial charge on any atom is 0.308 e. The van der Waals surface area contributed by atoms with Crippen molar-refractivity contribution >= 4 is 15.8 Å². The van der Waals surface area contributed by atoms with Gasteiger partial charge in [-0.2, -0.15) is 0 Å². The maximum atomic E-state index is 11.4. The number of hydrogen-bond acceptors (Lipinski definition) is 4. The smallest absolute Gasteiger partial charge is 0.308 e. The number of aliphatic carboxylic acids is 1. The van der Waals surface area contributed by atoms with Gasteiger partial charge in [-0.3, -0.25) is 4.79 Å². The zero-order valence-corrected chi connectivity index (χ0v) is 11.3. The molecule has 104 valence electrons. The summed E-state index contributed by atoms with van der Waals surface area (Å²) in [6.45, 7) is 0.403. The minimum atomic E-state index is -3.00. The summed E-state index contributed by atoms with van der Waals surface area (Å²) in [7, 11) is -3.00. The molecule has 0 bridgehead atoms. The van der Waals surface area contributed by atoms with Crippen LogP contribution in [0.1, 0.15) is 32.1 Å². The summed E-state index contributed by atoms with van der Waals surface area (Å²) in [4.78, 5) is 11.3. The second-order valence-electron chi connectivity index (χ2n) is 5.50. The Morgan fingerprint density at radius 3 is 2.44 bits per heavy atom. The highest BCUT2D eigenvalue weighted by molar-refractivity contribution is 7.91. The predicted octanol–water partition coefficient (Wildman–Crippen LogP) is 0.654. The Hall–Kier alpha value is -0.620. The van der Waals surface area contributed by atoms with E-state index in [1.165, 1.54) is 12.8 Å². The number of carbonyl (C=O) groups is 1. The zero-order chi connectivity index (χ0) is 13.2. The van der Waals surface area contributed by atoms with Gasteiger partial charge in [-0.1, -0.05) is 12.8 Å². The van der Waals surface area contributed by atoms with Crippen LogP contribution in [0.25, 0.3) is 0 Å². The monoisotopic (exact) mass is 275 g/mol. The van der Waals surface area contributed by atoms with E-state index in [0.29, 0.717) is 19.0 Å². The van der Waals surface area contributed by atoms with Gasteiger partial charge < -0.3 is 10.4 Å². The fraction of sp³-hybridized carbons (Fsp3) is 0.917. The lowest BCUT2D eigenvalue weighted by Crippen LogP contribution is -2.38. The largest absolute Gasteiger partial charge is 0.481 e. The molecule has 2 fully saturated rings. The molecular formula is C12H21NO4S. The van der Waals surface area contributed by atoms with E-state index < -0.39 is 21.7 Å². The molecule has 0 spiro atoms. The van der Waals surface area contributed by atoms with Crippen LogP contribution in [-0.2, 0) is 14.6 Å². The van der Waals surface area contributed by atoms with Gasteiger partial charge in [0.25, 0.3) is 0 Å². The lowest BCUT2D eigenvalue weighted by atomic mass is 9.91. The number of hydrogen-bond donors (Lipinski definition) is 2. The third-order valence-electron chi connectivity index (χ3n) is 4.14. The Morgan fingerprint density at radius 1 is 1.28 bits per heavy atom. The third-order valence-corrected chi connectivity index (χ3v) is 5.93. The number of rotatable bonds is 5. The molecule has 1 saturated carbocycles. The van der Waals surface area contributed by atoms with Crippen molar-refractivity contribution < 1.29 is 18.3 Å². The normalized spacial score (nSPS) is 29.4. The highest BCUT2D eigenvalue weighted by Gasteiger charge is 2.37. The summed E-state index contributed by atoms with van der Waals surface area (Å²) in [5.41, 5.74) is 0. The van der Waals surface area contributed by atoms with E-state index in [0.717, 1.165) is 12.8 Å². The van der Waals surface area contributed by atoms with Crippen LogP contribution in [0, 0.1) is 11.8 Å². The number of carboxylic acids is 1. The Bertz CT molecular complexity index is 400. The van der Waals surface area contributed by atoms with E-state index in [-0.39, 0.29) is 17.4 Å². The molecule has 1 heterocycles. The molecule has 0 aromatic rings. The van der Waals surface area contributed by atoms with Gasteiger partial charge >= 0.3 is 5.97 Å². The van der Waals surface area contributed by atoms with E-state index in [2.05, 4.69) is 5.32 Å². The molecule has 18 heavy (non-hydrogen) atoms. The number of nitrogens with one attached hydrogen (secondary N) is 1. The van der Waals surface area contributed by atoms with Gasteiger partial charge in [-0.15, -0.1) is 0 Å². The summed E-state index contributed by atoms with van der Waals surface area (Å²) in [6.07, 6.45) is 5.11. The quantitative estimate of drug-likeness (QED) is 0.770. The molecule has 6 heteroatoms. The molecule has 0 aromatic carbocycles. The molecular weight excluding hydrogens is 254 g/mol. The number of carboxylic acid groups (broad SMARTS) is 1. The second-order valence-corrected chi connectivity index (χ2v) is 7.73. The van der Waals surface area contributed by atoms with Gasteiger partial charge in [0.05, 0.1) is 17.4 Å². The van der Waals surface area contributed by atoms with E-state index >= 15 is 0 Å². The minimum absolute atomic E-state index is 0.0380. The van der Waals surface area contributed by atoms with Crippen LogP contribution in [0.5, 0.6) is 0 Å². The second kappa shape index (κ2) is 5.57. The fourth-order valence-corrected chi connectivity index (χ4v) is 4.90. The number of sulfone groups is 1. The first-order chi connectivity index (χ1) is 8.48. The Labute approximate surface area is 108 Å². The molecule has 2 rings (SSSR count). The van der Waals surface area contributed by atoms with E-state index in [1.54, 1.807) is 0 Å². The van der Waals surface area contributed by atoms with Crippen LogP contribution < -0.4 is 5.32 Å². The van der Waals surface area contributed by atoms with Gasteiger partial charge in [0.15, 0.2) is 9.84 Å². The van der Waals surface area contributed by atoms with E-state index in [4.69, 9.17) is 0 Å². The molecule has 0 amide bonds. The van der Waals surface area contributed by atoms with Crippen molar-refractivity contribution in [2.45, 2.75) is 38.1 Å². The van der Waals surface area contributed by atoms with Crippen molar-refractivity contribution in [3.63, 3.8) is 0 Å². The first kappa shape index (κ1) is 13.8. The van der Waals surface area contributed by atoms with E-state index in [9.17, 15) is 18.3 Å². The van der Waals surface area contributed by atoms with Crippen molar-refractivity contribution in [2.75, 3.05) is 18.1 Å². The van der Waals surface area contributed by atoms with Gasteiger partial charge in [-0.05, 0) is 25.2 Å². The predicted molar refractivity (Wildman–Crippen MR) is 68.1 cm³/mol. The topological polar surface area (TPSA) is 83.5 Å². The third kappa shape index (κ3) is 3.45. The molecule has 2 N–H and O–H groups in total. The average Bonchev–Trinajstić information content (AvgIpc) is 2.88. The molecule has 1 aliphatic carbocycles. The molecule has 2 aliphatic rings. The van der Waals surface area contributed by atoms with Crippen molar-refractivity contribution in [1.29, 1.82) is 0 Å². The van der Waals surface area contributed by atoms with Gasteiger partial charge in [0.2, 0.25) is 0 Å². The average molecular weight is 275 g/mol. The van der Waals surface area contributed by atoms with Crippen LogP contribution in [0.4, 0.5) is 0 Å². The fourth-order valence-electron chi connectivity index (χ4n) is 3.02. The lowest BCUT2D eigenvalue weighted by molar-refractivity contribution is -0.143. The highest BCUT2D eigenvalue weighted by atomic mass is 32.2. The van der Waals surface area contributed by atoms with Crippen LogP contribution in [0.2, 0.25) is 0 Å². The standard InChI is InChI=1S/C12H21NO4S/c14-12(15)11(7-13-10-3-1-2-4-10)9-5-6-18(16,17)8-9/h9-11,13H,1-8H2,(H,14,15). The molecule has 1 aliphatic heterocycles. The summed E-state index contributed by atoms with van der Waals surface area (Å²) >= 11 is 0. The maximum absolute atomic E-state index is 11.4. The van der Waals surface area contributed by atoms with Gasteiger partial charge in [0, 0.05) is 12.6 Å². The van der Waals surface area contributed by atoms with Gasteiger partial charge in [-0.25, -0.2) is 8.42 Å². The lowest BCUT2D eigenvalue weighted by Gasteiger charge is -2.21. The van der Waals surface area contributed by atoms with Crippen LogP contribution >= 0.6 is 0 Å². The van der Waals surface area contributed by atoms with Crippen molar-refractivity contribution in [2.24, 2.45) is 11.8 Å². The van der Waals surface area contributed by atoms with Crippen LogP contribution in [0.15, 0.2) is 0 Å². The summed E-state index contributed by atoms with van der Waals surface area (Å²) in [6, 6.07) is 0.421. The van der Waals surface area contributed by atoms with Crippen molar-refractivity contribution in [3.8, 4) is 0 Å². The minimum Gasteiger partial charge on any atom is -0.481 e. The molecule has 5 nitrogen and oxygen atoms in total. The Morgan fingerprint density at radius 2 is 1.94 bits per heavy atom. The summed E-state index contributed by atoms with van der Waals surface area (Å²) < 4.78 is 22.8. The Balaban J connectivity index is 1.89. The van der Waals surface area contributed by atoms with Gasteiger partial charge in [0.1, 0.15) is 0 Å². The van der Waals surface area contributed by atoms with Crippen molar-refractivity contribution in [3.05, 3.63) is 0 Å². The molecule has 0 radical (unpaired) electrons. The summed E-state index contributed by atoms with van der Waals surface area (Å²) in [5.74, 6) is -1.48. The first-order valence-electron chi connectivity index (χ1n) is 6.64. The zero-order valence-electron chi connectivity index (χ0n) is 10.5. The molecule has 1 saturated heterocycles. The summed E-state index contributed by atoms with van der Waals surface area (Å²) in [5, 5.41) is 12.5. The molecule has 2 unspecified atom stereocenters. The molecule has 2 atom stereocenters. The van der Waals surface area contributed by atoms with Crippen LogP contribution in [0.3, 0.4) is 0 Å². The Kier molecular flexibility index (Phi) is 4.27. The van der Waals surface area contributed by atoms with Crippen molar-refractivity contribution in [1.82, 2.24) is 5.32 Å². The highest BCUT2D eigenvalue weighted by Crippen LogP contribution is 2.27. The van der Waals surface area contributed by atoms with E-state index in [1.807, 2.05) is 0 Å².